The van der Waals surface area contributed by atoms with Crippen LogP contribution in [0.5, 0.6) is 0 Å². The van der Waals surface area contributed by atoms with E-state index in [9.17, 15) is 5.11 Å². The quantitative estimate of drug-likeness (QED) is 0.770. The molecule has 0 amide bonds. The van der Waals surface area contributed by atoms with Crippen LogP contribution < -0.4 is 0 Å². The summed E-state index contributed by atoms with van der Waals surface area (Å²) in [4.78, 5) is 0. The van der Waals surface area contributed by atoms with Gasteiger partial charge in [-0.3, -0.25) is 0 Å². The van der Waals surface area contributed by atoms with Gasteiger partial charge in [0.05, 0.1) is 6.10 Å². The maximum atomic E-state index is 9.88. The molecule has 4 heteroatoms. The first-order valence-electron chi connectivity index (χ1n) is 5.83. The van der Waals surface area contributed by atoms with Gasteiger partial charge in [0, 0.05) is 29.7 Å². The Kier molecular flexibility index (Phi) is 6.90. The van der Waals surface area contributed by atoms with Gasteiger partial charge in [-0.05, 0) is 37.5 Å². The second-order valence-electron chi connectivity index (χ2n) is 3.90. The van der Waals surface area contributed by atoms with Crippen molar-refractivity contribution in [3.8, 4) is 0 Å². The van der Waals surface area contributed by atoms with Crippen molar-refractivity contribution in [1.82, 2.24) is 0 Å². The summed E-state index contributed by atoms with van der Waals surface area (Å²) >= 11 is 12.1. The third kappa shape index (κ3) is 5.26. The van der Waals surface area contributed by atoms with Crippen LogP contribution in [-0.2, 0) is 11.2 Å². The zero-order chi connectivity index (χ0) is 12.7. The van der Waals surface area contributed by atoms with Gasteiger partial charge in [-0.25, -0.2) is 0 Å². The summed E-state index contributed by atoms with van der Waals surface area (Å²) < 4.78 is 5.22. The Balaban J connectivity index is 2.42. The molecule has 0 saturated carbocycles. The molecule has 0 aliphatic heterocycles. The van der Waals surface area contributed by atoms with Gasteiger partial charge in [-0.1, -0.05) is 29.3 Å². The number of rotatable bonds is 7. The monoisotopic (exact) mass is 276 g/mol. The molecular formula is C13H18Cl2O2. The predicted molar refractivity (Wildman–Crippen MR) is 71.9 cm³/mol. The first-order chi connectivity index (χ1) is 8.15. The smallest absolute Gasteiger partial charge is 0.0582 e. The number of ether oxygens (including phenoxy) is 1. The molecule has 0 fully saturated rings. The van der Waals surface area contributed by atoms with Crippen LogP contribution in [0.2, 0.25) is 10.0 Å². The van der Waals surface area contributed by atoms with E-state index in [2.05, 4.69) is 0 Å². The number of hydrogen-bond donors (Lipinski definition) is 1. The molecular weight excluding hydrogens is 259 g/mol. The molecule has 17 heavy (non-hydrogen) atoms. The molecule has 1 unspecified atom stereocenters. The van der Waals surface area contributed by atoms with E-state index >= 15 is 0 Å². The fourth-order valence-corrected chi connectivity index (χ4v) is 2.18. The second-order valence-corrected chi connectivity index (χ2v) is 4.71. The summed E-state index contributed by atoms with van der Waals surface area (Å²) in [5.41, 5.74) is 0.819. The summed E-state index contributed by atoms with van der Waals surface area (Å²) in [6.07, 6.45) is 1.61. The molecule has 0 radical (unpaired) electrons. The van der Waals surface area contributed by atoms with Gasteiger partial charge in [-0.2, -0.15) is 0 Å². The number of aliphatic hydroxyl groups is 1. The predicted octanol–water partition coefficient (Wildman–Crippen LogP) is 3.71. The largest absolute Gasteiger partial charge is 0.393 e. The van der Waals surface area contributed by atoms with Gasteiger partial charge < -0.3 is 9.84 Å². The van der Waals surface area contributed by atoms with Crippen molar-refractivity contribution in [3.63, 3.8) is 0 Å². The fraction of sp³-hybridized carbons (Fsp3) is 0.538. The highest BCUT2D eigenvalue weighted by Crippen LogP contribution is 2.26. The SMILES string of the molecule is CCOCCCC(O)Cc1c(Cl)cccc1Cl. The van der Waals surface area contributed by atoms with Gasteiger partial charge in [-0.15, -0.1) is 0 Å². The average molecular weight is 277 g/mol. The minimum Gasteiger partial charge on any atom is -0.393 e. The van der Waals surface area contributed by atoms with Gasteiger partial charge in [0.15, 0.2) is 0 Å². The van der Waals surface area contributed by atoms with E-state index in [1.165, 1.54) is 0 Å². The van der Waals surface area contributed by atoms with Crippen molar-refractivity contribution in [1.29, 1.82) is 0 Å². The van der Waals surface area contributed by atoms with Gasteiger partial charge in [0.25, 0.3) is 0 Å². The van der Waals surface area contributed by atoms with E-state index in [1.54, 1.807) is 18.2 Å². The maximum absolute atomic E-state index is 9.88. The standard InChI is InChI=1S/C13H18Cl2O2/c1-2-17-8-4-5-10(16)9-11-12(14)6-3-7-13(11)15/h3,6-7,10,16H,2,4-5,8-9H2,1H3. The molecule has 0 spiro atoms. The summed E-state index contributed by atoms with van der Waals surface area (Å²) in [7, 11) is 0. The highest BCUT2D eigenvalue weighted by molar-refractivity contribution is 6.35. The average Bonchev–Trinajstić information content (AvgIpc) is 2.30. The number of aliphatic hydroxyl groups excluding tert-OH is 1. The van der Waals surface area contributed by atoms with Crippen molar-refractivity contribution >= 4 is 23.2 Å². The Labute approximate surface area is 113 Å². The molecule has 1 N–H and O–H groups in total. The Morgan fingerprint density at radius 3 is 2.53 bits per heavy atom. The molecule has 0 aliphatic rings. The van der Waals surface area contributed by atoms with E-state index in [0.29, 0.717) is 36.1 Å². The van der Waals surface area contributed by atoms with Crippen molar-refractivity contribution in [3.05, 3.63) is 33.8 Å². The topological polar surface area (TPSA) is 29.5 Å². The summed E-state index contributed by atoms with van der Waals surface area (Å²) in [6, 6.07) is 5.38. The van der Waals surface area contributed by atoms with Gasteiger partial charge in [0.2, 0.25) is 0 Å². The lowest BCUT2D eigenvalue weighted by Crippen LogP contribution is -2.12. The lowest BCUT2D eigenvalue weighted by Gasteiger charge is -2.13. The highest BCUT2D eigenvalue weighted by atomic mass is 35.5. The molecule has 2 nitrogen and oxygen atoms in total. The molecule has 1 atom stereocenters. The fourth-order valence-electron chi connectivity index (χ4n) is 1.63. The number of halogens is 2. The first kappa shape index (κ1) is 14.8. The van der Waals surface area contributed by atoms with Crippen LogP contribution in [0.1, 0.15) is 25.3 Å². The Hall–Kier alpha value is -0.280. The number of benzene rings is 1. The maximum Gasteiger partial charge on any atom is 0.0582 e. The van der Waals surface area contributed by atoms with Crippen LogP contribution in [-0.4, -0.2) is 24.4 Å². The normalized spacial score (nSPS) is 12.7. The van der Waals surface area contributed by atoms with Crippen molar-refractivity contribution in [2.75, 3.05) is 13.2 Å². The summed E-state index contributed by atoms with van der Waals surface area (Å²) in [6.45, 7) is 3.36. The minimum atomic E-state index is -0.423. The Morgan fingerprint density at radius 2 is 1.94 bits per heavy atom. The van der Waals surface area contributed by atoms with E-state index < -0.39 is 6.10 Å². The lowest BCUT2D eigenvalue weighted by atomic mass is 10.0. The van der Waals surface area contributed by atoms with Gasteiger partial charge in [0.1, 0.15) is 0 Å². The van der Waals surface area contributed by atoms with Crippen LogP contribution in [0.25, 0.3) is 0 Å². The highest BCUT2D eigenvalue weighted by Gasteiger charge is 2.11. The van der Waals surface area contributed by atoms with Crippen LogP contribution in [0.4, 0.5) is 0 Å². The molecule has 1 rings (SSSR count). The molecule has 0 aliphatic carbocycles. The summed E-state index contributed by atoms with van der Waals surface area (Å²) in [5.74, 6) is 0. The van der Waals surface area contributed by atoms with E-state index in [1.807, 2.05) is 6.92 Å². The third-order valence-corrected chi connectivity index (χ3v) is 3.24. The Bertz CT molecular complexity index is 322. The Morgan fingerprint density at radius 1 is 1.29 bits per heavy atom. The van der Waals surface area contributed by atoms with Crippen LogP contribution in [0.15, 0.2) is 18.2 Å². The number of hydrogen-bond acceptors (Lipinski definition) is 2. The molecule has 0 saturated heterocycles. The van der Waals surface area contributed by atoms with Gasteiger partial charge >= 0.3 is 0 Å². The molecule has 0 aromatic heterocycles. The lowest BCUT2D eigenvalue weighted by molar-refractivity contribution is 0.114. The molecule has 1 aromatic rings. The van der Waals surface area contributed by atoms with Crippen LogP contribution in [0, 0.1) is 0 Å². The van der Waals surface area contributed by atoms with Crippen molar-refractivity contribution in [2.24, 2.45) is 0 Å². The summed E-state index contributed by atoms with van der Waals surface area (Å²) in [5, 5.41) is 11.1. The first-order valence-corrected chi connectivity index (χ1v) is 6.59. The zero-order valence-electron chi connectivity index (χ0n) is 9.96. The van der Waals surface area contributed by atoms with Crippen molar-refractivity contribution in [2.45, 2.75) is 32.3 Å². The van der Waals surface area contributed by atoms with Crippen LogP contribution in [0.3, 0.4) is 0 Å². The molecule has 0 bridgehead atoms. The van der Waals surface area contributed by atoms with E-state index in [0.717, 1.165) is 12.0 Å². The van der Waals surface area contributed by atoms with E-state index in [-0.39, 0.29) is 0 Å². The zero-order valence-corrected chi connectivity index (χ0v) is 11.5. The third-order valence-electron chi connectivity index (χ3n) is 2.53. The molecule has 0 heterocycles. The minimum absolute atomic E-state index is 0.423. The van der Waals surface area contributed by atoms with Crippen LogP contribution >= 0.6 is 23.2 Å². The molecule has 96 valence electrons. The van der Waals surface area contributed by atoms with E-state index in [4.69, 9.17) is 27.9 Å². The second kappa shape index (κ2) is 7.93. The molecule has 1 aromatic carbocycles. The van der Waals surface area contributed by atoms with Crippen molar-refractivity contribution < 1.29 is 9.84 Å².